The van der Waals surface area contributed by atoms with Crippen LogP contribution in [0.2, 0.25) is 0 Å². The van der Waals surface area contributed by atoms with Gasteiger partial charge in [0, 0.05) is 25.0 Å². The van der Waals surface area contributed by atoms with E-state index >= 15 is 0 Å². The van der Waals surface area contributed by atoms with Crippen LogP contribution in [-0.4, -0.2) is 46.8 Å². The number of likely N-dealkylation sites (tertiary alicyclic amines) is 1. The van der Waals surface area contributed by atoms with Gasteiger partial charge in [0.1, 0.15) is 0 Å². The van der Waals surface area contributed by atoms with Crippen LogP contribution in [0.1, 0.15) is 31.7 Å². The Kier molecular flexibility index (Phi) is 6.50. The number of carboxylic acid groups (broad SMARTS) is 1. The molecule has 0 bridgehead atoms. The number of rotatable bonds is 6. The van der Waals surface area contributed by atoms with Crippen LogP contribution in [0, 0.1) is 5.92 Å². The first-order valence-electron chi connectivity index (χ1n) is 8.58. The Morgan fingerprint density at radius 2 is 1.96 bits per heavy atom. The number of amides is 2. The van der Waals surface area contributed by atoms with Crippen molar-refractivity contribution in [3.8, 4) is 0 Å². The Morgan fingerprint density at radius 3 is 2.50 bits per heavy atom. The van der Waals surface area contributed by atoms with Crippen molar-refractivity contribution in [1.82, 2.24) is 10.2 Å². The summed E-state index contributed by atoms with van der Waals surface area (Å²) in [6.45, 7) is 1.43. The molecule has 3 unspecified atom stereocenters. The fraction of sp³-hybridized carbons (Fsp3) is 0.556. The maximum atomic E-state index is 13.0. The fourth-order valence-corrected chi connectivity index (χ4v) is 3.34. The molecule has 3 atom stereocenters. The number of urea groups is 1. The van der Waals surface area contributed by atoms with Crippen molar-refractivity contribution in [2.24, 2.45) is 5.92 Å². The summed E-state index contributed by atoms with van der Waals surface area (Å²) in [5, 5.41) is 11.6. The predicted octanol–water partition coefficient (Wildman–Crippen LogP) is 3.44. The van der Waals surface area contributed by atoms with Gasteiger partial charge in [0.15, 0.2) is 0 Å². The molecule has 144 valence electrons. The van der Waals surface area contributed by atoms with E-state index < -0.39 is 36.2 Å². The summed E-state index contributed by atoms with van der Waals surface area (Å²) < 4.78 is 39.0. The lowest BCUT2D eigenvalue weighted by molar-refractivity contribution is -0.177. The van der Waals surface area contributed by atoms with E-state index in [2.05, 4.69) is 5.32 Å². The van der Waals surface area contributed by atoms with Crippen LogP contribution in [0.15, 0.2) is 30.3 Å². The van der Waals surface area contributed by atoms with Crippen LogP contribution >= 0.6 is 0 Å². The smallest absolute Gasteiger partial charge is 0.393 e. The van der Waals surface area contributed by atoms with Gasteiger partial charge < -0.3 is 15.3 Å². The summed E-state index contributed by atoms with van der Waals surface area (Å²) in [6, 6.07) is 7.26. The van der Waals surface area contributed by atoms with Crippen molar-refractivity contribution in [2.75, 3.05) is 6.54 Å². The number of hydrogen-bond acceptors (Lipinski definition) is 2. The van der Waals surface area contributed by atoms with Crippen LogP contribution in [0.4, 0.5) is 18.0 Å². The minimum absolute atomic E-state index is 0.0359. The van der Waals surface area contributed by atoms with E-state index in [9.17, 15) is 22.8 Å². The van der Waals surface area contributed by atoms with Gasteiger partial charge in [-0.3, -0.25) is 4.79 Å². The van der Waals surface area contributed by atoms with E-state index in [4.69, 9.17) is 5.11 Å². The largest absolute Gasteiger partial charge is 0.481 e. The zero-order chi connectivity index (χ0) is 19.3. The lowest BCUT2D eigenvalue weighted by atomic mass is 10.0. The lowest BCUT2D eigenvalue weighted by Crippen LogP contribution is -2.48. The molecule has 0 aromatic heterocycles. The molecule has 2 amide bonds. The number of alkyl halides is 3. The monoisotopic (exact) mass is 372 g/mol. The highest BCUT2D eigenvalue weighted by Crippen LogP contribution is 2.37. The van der Waals surface area contributed by atoms with E-state index in [1.165, 1.54) is 11.8 Å². The highest BCUT2D eigenvalue weighted by molar-refractivity contribution is 5.75. The zero-order valence-corrected chi connectivity index (χ0v) is 14.5. The fourth-order valence-electron chi connectivity index (χ4n) is 3.34. The Bertz CT molecular complexity index is 622. The second kappa shape index (κ2) is 8.42. The van der Waals surface area contributed by atoms with E-state index in [1.807, 2.05) is 30.3 Å². The summed E-state index contributed by atoms with van der Waals surface area (Å²) in [7, 11) is 0. The van der Waals surface area contributed by atoms with Gasteiger partial charge in [0.05, 0.1) is 5.92 Å². The molecule has 5 nitrogen and oxygen atoms in total. The molecular formula is C18H23F3N2O3. The van der Waals surface area contributed by atoms with Crippen LogP contribution in [0.25, 0.3) is 0 Å². The number of nitrogens with one attached hydrogen (secondary N) is 1. The van der Waals surface area contributed by atoms with Crippen molar-refractivity contribution in [3.05, 3.63) is 35.9 Å². The number of hydrogen-bond donors (Lipinski definition) is 2. The van der Waals surface area contributed by atoms with Crippen LogP contribution in [-0.2, 0) is 11.2 Å². The van der Waals surface area contributed by atoms with Gasteiger partial charge in [-0.1, -0.05) is 30.3 Å². The zero-order valence-electron chi connectivity index (χ0n) is 14.5. The van der Waals surface area contributed by atoms with Crippen molar-refractivity contribution >= 4 is 12.0 Å². The molecule has 0 radical (unpaired) electrons. The van der Waals surface area contributed by atoms with Crippen molar-refractivity contribution in [2.45, 2.75) is 50.9 Å². The first-order valence-corrected chi connectivity index (χ1v) is 8.58. The second-order valence-corrected chi connectivity index (χ2v) is 6.64. The van der Waals surface area contributed by atoms with Crippen molar-refractivity contribution < 1.29 is 27.9 Å². The van der Waals surface area contributed by atoms with Gasteiger partial charge in [-0.05, 0) is 31.7 Å². The molecule has 1 aliphatic heterocycles. The molecule has 8 heteroatoms. The van der Waals surface area contributed by atoms with Gasteiger partial charge in [-0.2, -0.15) is 13.2 Å². The summed E-state index contributed by atoms with van der Waals surface area (Å²) in [6.07, 6.45) is -3.94. The Balaban J connectivity index is 2.02. The maximum Gasteiger partial charge on any atom is 0.393 e. The number of carbonyl (C=O) groups excluding carboxylic acids is 1. The lowest BCUT2D eigenvalue weighted by Gasteiger charge is -2.28. The molecule has 0 spiro atoms. The van der Waals surface area contributed by atoms with Gasteiger partial charge in [-0.25, -0.2) is 4.79 Å². The Labute approximate surface area is 150 Å². The molecule has 1 saturated heterocycles. The highest BCUT2D eigenvalue weighted by Gasteiger charge is 2.49. The molecule has 1 aromatic carbocycles. The molecular weight excluding hydrogens is 349 g/mol. The van der Waals surface area contributed by atoms with Crippen LogP contribution in [0.3, 0.4) is 0 Å². The van der Waals surface area contributed by atoms with Crippen LogP contribution < -0.4 is 5.32 Å². The Morgan fingerprint density at radius 1 is 1.31 bits per heavy atom. The number of carbonyl (C=O) groups is 2. The first-order chi connectivity index (χ1) is 12.2. The maximum absolute atomic E-state index is 13.0. The topological polar surface area (TPSA) is 69.6 Å². The molecule has 0 saturated carbocycles. The summed E-state index contributed by atoms with van der Waals surface area (Å²) in [5.41, 5.74) is 0.922. The SMILES string of the molecule is CC1C(C(F)(F)F)CCN1C(=O)NC(CCC(=O)O)Cc1ccccc1. The Hall–Kier alpha value is -2.25. The van der Waals surface area contributed by atoms with E-state index in [1.54, 1.807) is 0 Å². The molecule has 26 heavy (non-hydrogen) atoms. The first kappa shape index (κ1) is 20.1. The molecule has 1 aromatic rings. The standard InChI is InChI=1S/C18H23F3N2O3/c1-12-15(18(19,20)21)9-10-23(12)17(26)22-14(7-8-16(24)25)11-13-5-3-2-4-6-13/h2-6,12,14-15H,7-11H2,1H3,(H,22,26)(H,24,25). The van der Waals surface area contributed by atoms with Crippen molar-refractivity contribution in [3.63, 3.8) is 0 Å². The second-order valence-electron chi connectivity index (χ2n) is 6.64. The summed E-state index contributed by atoms with van der Waals surface area (Å²) >= 11 is 0. The average Bonchev–Trinajstić information content (AvgIpc) is 2.95. The minimum atomic E-state index is -4.33. The van der Waals surface area contributed by atoms with E-state index in [0.29, 0.717) is 6.42 Å². The number of nitrogens with zero attached hydrogens (tertiary/aromatic N) is 1. The molecule has 0 aliphatic carbocycles. The molecule has 1 fully saturated rings. The van der Waals surface area contributed by atoms with Gasteiger partial charge in [0.25, 0.3) is 0 Å². The minimum Gasteiger partial charge on any atom is -0.481 e. The third-order valence-corrected chi connectivity index (χ3v) is 4.80. The summed E-state index contributed by atoms with van der Waals surface area (Å²) in [5.74, 6) is -2.51. The molecule has 1 aliphatic rings. The predicted molar refractivity (Wildman–Crippen MR) is 89.7 cm³/mol. The average molecular weight is 372 g/mol. The number of benzene rings is 1. The summed E-state index contributed by atoms with van der Waals surface area (Å²) in [4.78, 5) is 24.5. The molecule has 1 heterocycles. The van der Waals surface area contributed by atoms with Gasteiger partial charge in [0.2, 0.25) is 0 Å². The van der Waals surface area contributed by atoms with Crippen LogP contribution in [0.5, 0.6) is 0 Å². The molecule has 2 N–H and O–H groups in total. The van der Waals surface area contributed by atoms with E-state index in [-0.39, 0.29) is 25.8 Å². The van der Waals surface area contributed by atoms with Crippen molar-refractivity contribution in [1.29, 1.82) is 0 Å². The number of carboxylic acids is 1. The third kappa shape index (κ3) is 5.37. The molecule has 2 rings (SSSR count). The third-order valence-electron chi connectivity index (χ3n) is 4.80. The number of halogens is 3. The van der Waals surface area contributed by atoms with E-state index in [0.717, 1.165) is 5.56 Å². The van der Waals surface area contributed by atoms with Gasteiger partial charge in [-0.15, -0.1) is 0 Å². The quantitative estimate of drug-likeness (QED) is 0.804. The highest BCUT2D eigenvalue weighted by atomic mass is 19.4. The van der Waals surface area contributed by atoms with Gasteiger partial charge >= 0.3 is 18.2 Å². The number of aliphatic carboxylic acids is 1. The normalized spacial score (nSPS) is 21.5.